The number of rotatable bonds is 7. The van der Waals surface area contributed by atoms with Gasteiger partial charge in [-0.2, -0.15) is 0 Å². The molecule has 9 heteroatoms. The highest BCUT2D eigenvalue weighted by Crippen LogP contribution is 2.39. The monoisotopic (exact) mass is 497 g/mol. The van der Waals surface area contributed by atoms with E-state index < -0.39 is 0 Å². The van der Waals surface area contributed by atoms with Crippen molar-refractivity contribution >= 4 is 45.0 Å². The molecular formula is C25H31N5O2S2. The molecule has 0 saturated carbocycles. The summed E-state index contributed by atoms with van der Waals surface area (Å²) in [4.78, 5) is 26.6. The van der Waals surface area contributed by atoms with Gasteiger partial charge in [0, 0.05) is 31.1 Å². The lowest BCUT2D eigenvalue weighted by molar-refractivity contribution is -0.118. The number of carbonyl (C=O) groups excluding carboxylic acids is 1. The maximum atomic E-state index is 12.6. The molecule has 3 aromatic rings. The lowest BCUT2D eigenvalue weighted by atomic mass is 9.89. The number of carbonyl (C=O) groups is 1. The van der Waals surface area contributed by atoms with Gasteiger partial charge in [0.2, 0.25) is 5.91 Å². The second-order valence-electron chi connectivity index (χ2n) is 9.15. The molecule has 2 aromatic heterocycles. The maximum Gasteiger partial charge on any atom is 0.230 e. The van der Waals surface area contributed by atoms with E-state index in [4.69, 9.17) is 15.5 Å². The van der Waals surface area contributed by atoms with Gasteiger partial charge in [0.25, 0.3) is 0 Å². The average molecular weight is 498 g/mol. The van der Waals surface area contributed by atoms with Gasteiger partial charge >= 0.3 is 0 Å². The fourth-order valence-corrected chi connectivity index (χ4v) is 6.80. The van der Waals surface area contributed by atoms with Crippen LogP contribution in [0.15, 0.2) is 29.4 Å². The first-order valence-corrected chi connectivity index (χ1v) is 13.7. The number of aryl methyl sites for hydroxylation is 1. The van der Waals surface area contributed by atoms with Crippen LogP contribution in [-0.2, 0) is 35.5 Å². The Bertz CT molecular complexity index is 1180. The maximum absolute atomic E-state index is 12.6. The Hall–Kier alpha value is -2.20. The van der Waals surface area contributed by atoms with Gasteiger partial charge in [0.05, 0.1) is 24.4 Å². The van der Waals surface area contributed by atoms with Crippen LogP contribution in [0.25, 0.3) is 10.2 Å². The number of amides is 1. The molecule has 3 heterocycles. The lowest BCUT2D eigenvalue weighted by Gasteiger charge is -2.27. The summed E-state index contributed by atoms with van der Waals surface area (Å²) in [6.07, 6.45) is 3.32. The number of nitrogens with one attached hydrogen (secondary N) is 1. The summed E-state index contributed by atoms with van der Waals surface area (Å²) < 4.78 is 5.45. The Morgan fingerprint density at radius 2 is 2.06 bits per heavy atom. The molecule has 0 spiro atoms. The molecule has 1 saturated heterocycles. The van der Waals surface area contributed by atoms with Crippen molar-refractivity contribution in [2.24, 2.45) is 5.92 Å². The van der Waals surface area contributed by atoms with E-state index in [1.54, 1.807) is 11.3 Å². The van der Waals surface area contributed by atoms with Crippen molar-refractivity contribution in [3.63, 3.8) is 0 Å². The van der Waals surface area contributed by atoms with Crippen molar-refractivity contribution in [1.29, 1.82) is 0 Å². The van der Waals surface area contributed by atoms with Crippen LogP contribution in [-0.4, -0.2) is 52.8 Å². The minimum Gasteiger partial charge on any atom is -0.383 e. The molecule has 1 aromatic carbocycles. The minimum absolute atomic E-state index is 0.0345. The van der Waals surface area contributed by atoms with E-state index >= 15 is 0 Å². The largest absolute Gasteiger partial charge is 0.383 e. The van der Waals surface area contributed by atoms with Crippen LogP contribution in [0, 0.1) is 5.92 Å². The van der Waals surface area contributed by atoms with Crippen molar-refractivity contribution in [1.82, 2.24) is 20.2 Å². The molecule has 34 heavy (non-hydrogen) atoms. The number of aromatic nitrogens is 2. The van der Waals surface area contributed by atoms with E-state index in [0.29, 0.717) is 23.4 Å². The van der Waals surface area contributed by atoms with Crippen LogP contribution in [0.5, 0.6) is 0 Å². The predicted octanol–water partition coefficient (Wildman–Crippen LogP) is 3.64. The highest BCUT2D eigenvalue weighted by Gasteiger charge is 2.23. The Labute approximate surface area is 208 Å². The quantitative estimate of drug-likeness (QED) is 0.380. The van der Waals surface area contributed by atoms with Gasteiger partial charge in [0.1, 0.15) is 10.6 Å². The van der Waals surface area contributed by atoms with Gasteiger partial charge in [-0.05, 0) is 41.9 Å². The van der Waals surface area contributed by atoms with Gasteiger partial charge in [-0.3, -0.25) is 9.69 Å². The standard InChI is InChI=1S/C25H31N5O2S2/c1-16-6-7-19-20(12-16)34-24-22(19)23(26)28-25(29-24)33-15-21(31)27-13-17-4-2-3-5-18(17)14-30-8-10-32-11-9-30/h2-5,16H,6-15H2,1H3,(H,27,31)(H2,26,28,29)/t16-/m0/s1. The highest BCUT2D eigenvalue weighted by molar-refractivity contribution is 7.99. The number of benzene rings is 1. The van der Waals surface area contributed by atoms with E-state index in [9.17, 15) is 4.79 Å². The van der Waals surface area contributed by atoms with E-state index in [1.165, 1.54) is 34.2 Å². The average Bonchev–Trinajstić information content (AvgIpc) is 3.20. The Morgan fingerprint density at radius 1 is 1.26 bits per heavy atom. The highest BCUT2D eigenvalue weighted by atomic mass is 32.2. The fraction of sp³-hybridized carbons (Fsp3) is 0.480. The van der Waals surface area contributed by atoms with Crippen LogP contribution < -0.4 is 11.1 Å². The van der Waals surface area contributed by atoms with Crippen LogP contribution in [0.4, 0.5) is 5.82 Å². The van der Waals surface area contributed by atoms with Gasteiger partial charge in [0.15, 0.2) is 5.16 Å². The number of anilines is 1. The molecule has 3 N–H and O–H groups in total. The minimum atomic E-state index is -0.0345. The van der Waals surface area contributed by atoms with Crippen molar-refractivity contribution in [3.05, 3.63) is 45.8 Å². The third kappa shape index (κ3) is 5.38. The zero-order valence-electron chi connectivity index (χ0n) is 19.5. The molecule has 1 amide bonds. The number of ether oxygens (including phenoxy) is 1. The number of nitrogen functional groups attached to an aromatic ring is 1. The zero-order valence-corrected chi connectivity index (χ0v) is 21.1. The van der Waals surface area contributed by atoms with E-state index in [2.05, 4.69) is 40.3 Å². The first kappa shape index (κ1) is 23.5. The predicted molar refractivity (Wildman–Crippen MR) is 138 cm³/mol. The van der Waals surface area contributed by atoms with Gasteiger partial charge < -0.3 is 15.8 Å². The van der Waals surface area contributed by atoms with Crippen molar-refractivity contribution in [2.75, 3.05) is 37.8 Å². The molecule has 2 aliphatic rings. The second kappa shape index (κ2) is 10.6. The normalized spacial score (nSPS) is 18.7. The Morgan fingerprint density at radius 3 is 2.88 bits per heavy atom. The first-order chi connectivity index (χ1) is 16.6. The molecule has 1 fully saturated rings. The molecule has 1 atom stereocenters. The molecule has 180 valence electrons. The smallest absolute Gasteiger partial charge is 0.230 e. The van der Waals surface area contributed by atoms with E-state index in [1.807, 2.05) is 6.07 Å². The number of nitrogens with two attached hydrogens (primary N) is 1. The Balaban J connectivity index is 1.19. The van der Waals surface area contributed by atoms with Crippen molar-refractivity contribution in [2.45, 2.75) is 44.4 Å². The van der Waals surface area contributed by atoms with Gasteiger partial charge in [-0.1, -0.05) is 43.0 Å². The van der Waals surface area contributed by atoms with Gasteiger partial charge in [-0.15, -0.1) is 11.3 Å². The Kier molecular flexibility index (Phi) is 7.34. The molecule has 0 radical (unpaired) electrons. The van der Waals surface area contributed by atoms with Crippen LogP contribution in [0.3, 0.4) is 0 Å². The molecule has 1 aliphatic heterocycles. The molecule has 0 bridgehead atoms. The number of hydrogen-bond acceptors (Lipinski definition) is 8. The summed E-state index contributed by atoms with van der Waals surface area (Å²) in [5.74, 6) is 1.47. The van der Waals surface area contributed by atoms with Crippen molar-refractivity contribution in [3.8, 4) is 0 Å². The zero-order chi connectivity index (χ0) is 23.5. The topological polar surface area (TPSA) is 93.4 Å². The van der Waals surface area contributed by atoms with E-state index in [0.717, 1.165) is 61.5 Å². The second-order valence-corrected chi connectivity index (χ2v) is 11.2. The number of nitrogens with zero attached hydrogens (tertiary/aromatic N) is 3. The van der Waals surface area contributed by atoms with E-state index in [-0.39, 0.29) is 11.7 Å². The molecule has 5 rings (SSSR count). The van der Waals surface area contributed by atoms with Crippen LogP contribution in [0.1, 0.15) is 34.9 Å². The van der Waals surface area contributed by atoms with Crippen LogP contribution in [0.2, 0.25) is 0 Å². The van der Waals surface area contributed by atoms with Crippen LogP contribution >= 0.6 is 23.1 Å². The first-order valence-electron chi connectivity index (χ1n) is 11.9. The molecule has 1 aliphatic carbocycles. The SMILES string of the molecule is C[C@H]1CCc2c(sc3nc(SCC(=O)NCc4ccccc4CN4CCOCC4)nc(N)c23)C1. The van der Waals surface area contributed by atoms with Gasteiger partial charge in [-0.25, -0.2) is 9.97 Å². The fourth-order valence-electron chi connectivity index (χ4n) is 4.67. The summed E-state index contributed by atoms with van der Waals surface area (Å²) in [6.45, 7) is 7.12. The summed E-state index contributed by atoms with van der Waals surface area (Å²) in [7, 11) is 0. The number of thiophene rings is 1. The lowest BCUT2D eigenvalue weighted by Crippen LogP contribution is -2.36. The number of hydrogen-bond donors (Lipinski definition) is 2. The molecular weight excluding hydrogens is 466 g/mol. The number of morpholine rings is 1. The molecule has 0 unspecified atom stereocenters. The summed E-state index contributed by atoms with van der Waals surface area (Å²) in [6, 6.07) is 8.30. The number of fused-ring (bicyclic) bond motifs is 3. The number of thioether (sulfide) groups is 1. The third-order valence-electron chi connectivity index (χ3n) is 6.59. The summed E-state index contributed by atoms with van der Waals surface area (Å²) in [5, 5.41) is 4.65. The molecule has 7 nitrogen and oxygen atoms in total. The summed E-state index contributed by atoms with van der Waals surface area (Å²) in [5.41, 5.74) is 10.0. The van der Waals surface area contributed by atoms with Crippen molar-refractivity contribution < 1.29 is 9.53 Å². The third-order valence-corrected chi connectivity index (χ3v) is 8.58. The summed E-state index contributed by atoms with van der Waals surface area (Å²) >= 11 is 3.07.